The standard InChI is InChI=1S/C19H17ClN4O2/c1-2-13-7-9-14(10-8-13)18(25)22-23-19(26)15-11-21-24(12-15)17-6-4-3-5-16(17)20/h3-12H,2H2,1H3,(H,22,25)(H,23,26). The van der Waals surface area contributed by atoms with Crippen molar-refractivity contribution in [2.24, 2.45) is 0 Å². The number of nitrogens with one attached hydrogen (secondary N) is 2. The molecule has 7 heteroatoms. The average molecular weight is 369 g/mol. The van der Waals surface area contributed by atoms with Crippen LogP contribution in [0.3, 0.4) is 0 Å². The molecule has 2 aromatic carbocycles. The lowest BCUT2D eigenvalue weighted by molar-refractivity contribution is 0.0846. The Balaban J connectivity index is 1.63. The van der Waals surface area contributed by atoms with Crippen LogP contribution >= 0.6 is 11.6 Å². The molecule has 0 saturated heterocycles. The summed E-state index contributed by atoms with van der Waals surface area (Å²) in [6, 6.07) is 14.4. The summed E-state index contributed by atoms with van der Waals surface area (Å²) in [5.41, 5.74) is 7.34. The lowest BCUT2D eigenvalue weighted by Gasteiger charge is -2.07. The van der Waals surface area contributed by atoms with Crippen LogP contribution in [-0.2, 0) is 6.42 Å². The minimum absolute atomic E-state index is 0.298. The molecule has 0 atom stereocenters. The lowest BCUT2D eigenvalue weighted by Crippen LogP contribution is -2.41. The Morgan fingerprint density at radius 2 is 1.65 bits per heavy atom. The van der Waals surface area contributed by atoms with Crippen molar-refractivity contribution in [2.75, 3.05) is 0 Å². The summed E-state index contributed by atoms with van der Waals surface area (Å²) in [4.78, 5) is 24.3. The average Bonchev–Trinajstić information content (AvgIpc) is 3.16. The van der Waals surface area contributed by atoms with Gasteiger partial charge in [-0.1, -0.05) is 42.8 Å². The first kappa shape index (κ1) is 17.7. The van der Waals surface area contributed by atoms with Crippen molar-refractivity contribution < 1.29 is 9.59 Å². The first-order chi connectivity index (χ1) is 12.6. The third-order valence-electron chi connectivity index (χ3n) is 3.86. The molecule has 1 heterocycles. The van der Waals surface area contributed by atoms with Crippen LogP contribution in [0.25, 0.3) is 5.69 Å². The number of aromatic nitrogens is 2. The van der Waals surface area contributed by atoms with E-state index in [1.807, 2.05) is 31.2 Å². The summed E-state index contributed by atoms with van der Waals surface area (Å²) < 4.78 is 1.50. The van der Waals surface area contributed by atoms with E-state index in [9.17, 15) is 9.59 Å². The van der Waals surface area contributed by atoms with Gasteiger partial charge < -0.3 is 0 Å². The number of halogens is 1. The second kappa shape index (κ2) is 7.84. The van der Waals surface area contributed by atoms with Crippen molar-refractivity contribution >= 4 is 23.4 Å². The van der Waals surface area contributed by atoms with Crippen LogP contribution in [-0.4, -0.2) is 21.6 Å². The van der Waals surface area contributed by atoms with Crippen LogP contribution in [0.5, 0.6) is 0 Å². The zero-order chi connectivity index (χ0) is 18.5. The zero-order valence-electron chi connectivity index (χ0n) is 14.1. The van der Waals surface area contributed by atoms with E-state index in [4.69, 9.17) is 11.6 Å². The minimum atomic E-state index is -0.471. The molecular weight excluding hydrogens is 352 g/mol. The van der Waals surface area contributed by atoms with Crippen LogP contribution in [0.2, 0.25) is 5.02 Å². The van der Waals surface area contributed by atoms with Gasteiger partial charge in [0.15, 0.2) is 0 Å². The summed E-state index contributed by atoms with van der Waals surface area (Å²) in [6.45, 7) is 2.04. The molecule has 1 aromatic heterocycles. The van der Waals surface area contributed by atoms with Gasteiger partial charge in [0, 0.05) is 11.8 Å². The van der Waals surface area contributed by atoms with Gasteiger partial charge in [-0.05, 0) is 36.2 Å². The largest absolute Gasteiger partial charge is 0.272 e. The second-order valence-electron chi connectivity index (χ2n) is 5.58. The highest BCUT2D eigenvalue weighted by Gasteiger charge is 2.12. The third-order valence-corrected chi connectivity index (χ3v) is 4.18. The SMILES string of the molecule is CCc1ccc(C(=O)NNC(=O)c2cnn(-c3ccccc3Cl)c2)cc1. The number of nitrogens with zero attached hydrogens (tertiary/aromatic N) is 2. The minimum Gasteiger partial charge on any atom is -0.267 e. The van der Waals surface area contributed by atoms with Gasteiger partial charge >= 0.3 is 0 Å². The number of carbonyl (C=O) groups is 2. The first-order valence-electron chi connectivity index (χ1n) is 8.07. The van der Waals surface area contributed by atoms with Gasteiger partial charge in [0.1, 0.15) is 0 Å². The Bertz CT molecular complexity index is 935. The van der Waals surface area contributed by atoms with Crippen molar-refractivity contribution in [2.45, 2.75) is 13.3 Å². The summed E-state index contributed by atoms with van der Waals surface area (Å²) in [7, 11) is 0. The maximum absolute atomic E-state index is 12.2. The van der Waals surface area contributed by atoms with E-state index in [0.29, 0.717) is 21.8 Å². The molecule has 0 saturated carbocycles. The molecular formula is C19H17ClN4O2. The van der Waals surface area contributed by atoms with Crippen molar-refractivity contribution in [3.05, 3.63) is 82.6 Å². The van der Waals surface area contributed by atoms with Gasteiger partial charge in [-0.25, -0.2) is 4.68 Å². The van der Waals surface area contributed by atoms with Gasteiger partial charge in [-0.2, -0.15) is 5.10 Å². The van der Waals surface area contributed by atoms with Gasteiger partial charge in [-0.15, -0.1) is 0 Å². The fraction of sp³-hybridized carbons (Fsp3) is 0.105. The van der Waals surface area contributed by atoms with E-state index >= 15 is 0 Å². The Morgan fingerprint density at radius 3 is 2.31 bits per heavy atom. The second-order valence-corrected chi connectivity index (χ2v) is 5.99. The fourth-order valence-corrected chi connectivity index (χ4v) is 2.58. The molecule has 0 bridgehead atoms. The molecule has 2 N–H and O–H groups in total. The molecule has 26 heavy (non-hydrogen) atoms. The van der Waals surface area contributed by atoms with Crippen LogP contribution < -0.4 is 10.9 Å². The van der Waals surface area contributed by atoms with E-state index in [2.05, 4.69) is 16.0 Å². The summed E-state index contributed by atoms with van der Waals surface area (Å²) in [5, 5.41) is 4.65. The number of hydrogen-bond donors (Lipinski definition) is 2. The maximum Gasteiger partial charge on any atom is 0.272 e. The Kier molecular flexibility index (Phi) is 5.34. The number of rotatable bonds is 4. The van der Waals surface area contributed by atoms with Crippen LogP contribution in [0.1, 0.15) is 33.2 Å². The van der Waals surface area contributed by atoms with Crippen molar-refractivity contribution in [3.8, 4) is 5.69 Å². The molecule has 0 unspecified atom stereocenters. The smallest absolute Gasteiger partial charge is 0.267 e. The fourth-order valence-electron chi connectivity index (χ4n) is 2.36. The van der Waals surface area contributed by atoms with E-state index in [-0.39, 0.29) is 5.91 Å². The number of hydrogen-bond acceptors (Lipinski definition) is 3. The van der Waals surface area contributed by atoms with E-state index < -0.39 is 5.91 Å². The number of hydrazine groups is 1. The van der Waals surface area contributed by atoms with Gasteiger partial charge in [0.2, 0.25) is 0 Å². The molecule has 0 radical (unpaired) electrons. The van der Waals surface area contributed by atoms with E-state index in [1.165, 1.54) is 10.9 Å². The van der Waals surface area contributed by atoms with Crippen molar-refractivity contribution in [1.82, 2.24) is 20.6 Å². The molecule has 0 fully saturated rings. The Labute approximate surface area is 155 Å². The maximum atomic E-state index is 12.2. The summed E-state index contributed by atoms with van der Waals surface area (Å²) in [6.07, 6.45) is 3.84. The summed E-state index contributed by atoms with van der Waals surface area (Å²) >= 11 is 6.12. The molecule has 6 nitrogen and oxygen atoms in total. The Morgan fingerprint density at radius 1 is 1.00 bits per heavy atom. The molecule has 3 rings (SSSR count). The predicted molar refractivity (Wildman–Crippen MR) is 99.3 cm³/mol. The van der Waals surface area contributed by atoms with Crippen LogP contribution in [0, 0.1) is 0 Å². The predicted octanol–water partition coefficient (Wildman–Crippen LogP) is 3.16. The molecule has 0 aliphatic heterocycles. The van der Waals surface area contributed by atoms with Gasteiger partial charge in [-0.3, -0.25) is 20.4 Å². The molecule has 0 aliphatic carbocycles. The number of amides is 2. The monoisotopic (exact) mass is 368 g/mol. The highest BCUT2D eigenvalue weighted by atomic mass is 35.5. The first-order valence-corrected chi connectivity index (χ1v) is 8.45. The van der Waals surface area contributed by atoms with Crippen LogP contribution in [0.15, 0.2) is 60.9 Å². The van der Waals surface area contributed by atoms with Gasteiger partial charge in [0.05, 0.1) is 22.5 Å². The number of benzene rings is 2. The summed E-state index contributed by atoms with van der Waals surface area (Å²) in [5.74, 6) is -0.860. The van der Waals surface area contributed by atoms with E-state index in [0.717, 1.165) is 12.0 Å². The number of para-hydroxylation sites is 1. The quantitative estimate of drug-likeness (QED) is 0.694. The molecule has 0 spiro atoms. The van der Waals surface area contributed by atoms with Gasteiger partial charge in [0.25, 0.3) is 11.8 Å². The highest BCUT2D eigenvalue weighted by molar-refractivity contribution is 6.32. The molecule has 3 aromatic rings. The lowest BCUT2D eigenvalue weighted by atomic mass is 10.1. The molecule has 0 aliphatic rings. The Hall–Kier alpha value is -3.12. The van der Waals surface area contributed by atoms with Crippen LogP contribution in [0.4, 0.5) is 0 Å². The van der Waals surface area contributed by atoms with Crippen molar-refractivity contribution in [1.29, 1.82) is 0 Å². The normalized spacial score (nSPS) is 10.4. The number of carbonyl (C=O) groups excluding carboxylic acids is 2. The number of aryl methyl sites for hydroxylation is 1. The van der Waals surface area contributed by atoms with Crippen molar-refractivity contribution in [3.63, 3.8) is 0 Å². The highest BCUT2D eigenvalue weighted by Crippen LogP contribution is 2.19. The van der Waals surface area contributed by atoms with E-state index in [1.54, 1.807) is 30.5 Å². The molecule has 2 amide bonds. The topological polar surface area (TPSA) is 76.0 Å². The zero-order valence-corrected chi connectivity index (χ0v) is 14.8. The molecule has 132 valence electrons. The third kappa shape index (κ3) is 3.92.